The van der Waals surface area contributed by atoms with Crippen LogP contribution >= 0.6 is 0 Å². The topological polar surface area (TPSA) is 80.1 Å². The molecule has 0 saturated carbocycles. The largest absolute Gasteiger partial charge is 0.468 e. The molecule has 7 heteroatoms. The predicted octanol–water partition coefficient (Wildman–Crippen LogP) is 2.05. The number of methoxy groups -OCH3 is 1. The third-order valence-corrected chi connectivity index (χ3v) is 5.54. The van der Waals surface area contributed by atoms with E-state index in [9.17, 15) is 14.4 Å². The second-order valence-corrected chi connectivity index (χ2v) is 7.67. The molecule has 1 aliphatic rings. The molecule has 2 aromatic rings. The fourth-order valence-electron chi connectivity index (χ4n) is 3.80. The monoisotopic (exact) mass is 412 g/mol. The van der Waals surface area contributed by atoms with Gasteiger partial charge in [0.05, 0.1) is 7.11 Å². The van der Waals surface area contributed by atoms with Gasteiger partial charge in [0.1, 0.15) is 17.4 Å². The van der Waals surface area contributed by atoms with Crippen LogP contribution in [0.5, 0.6) is 0 Å². The van der Waals surface area contributed by atoms with Crippen molar-refractivity contribution in [1.82, 2.24) is 9.80 Å². The summed E-state index contributed by atoms with van der Waals surface area (Å²) in [5.74, 6) is -0.238. The van der Waals surface area contributed by atoms with Crippen LogP contribution in [0, 0.1) is 6.92 Å². The Balaban J connectivity index is 1.78. The number of amides is 1. The number of aryl methyl sites for hydroxylation is 3. The lowest BCUT2D eigenvalue weighted by Gasteiger charge is -2.27. The molecular weight excluding hydrogens is 384 g/mol. The minimum atomic E-state index is -0.629. The van der Waals surface area contributed by atoms with Crippen LogP contribution in [0.15, 0.2) is 45.6 Å². The zero-order valence-corrected chi connectivity index (χ0v) is 17.7. The van der Waals surface area contributed by atoms with Crippen LogP contribution in [0.25, 0.3) is 0 Å². The van der Waals surface area contributed by atoms with E-state index in [1.807, 2.05) is 42.3 Å². The number of ether oxygens (including phenoxy) is 1. The molecule has 1 atom stereocenters. The molecule has 1 fully saturated rings. The molecule has 1 unspecified atom stereocenters. The van der Waals surface area contributed by atoms with Gasteiger partial charge in [0.25, 0.3) is 5.91 Å². The zero-order valence-electron chi connectivity index (χ0n) is 17.7. The molecule has 1 saturated heterocycles. The van der Waals surface area contributed by atoms with Crippen LogP contribution < -0.4 is 5.63 Å². The summed E-state index contributed by atoms with van der Waals surface area (Å²) in [7, 11) is 3.16. The van der Waals surface area contributed by atoms with Crippen molar-refractivity contribution in [2.45, 2.75) is 32.2 Å². The SMILES string of the molecule is COC(=O)C1CN(C(=O)c2c(C)cc(CCc3ccccc3)oc2=O)CCCN1C. The number of carbonyl (C=O) groups is 2. The summed E-state index contributed by atoms with van der Waals surface area (Å²) in [5, 5.41) is 0. The van der Waals surface area contributed by atoms with Crippen molar-refractivity contribution in [3.8, 4) is 0 Å². The quantitative estimate of drug-likeness (QED) is 0.700. The Morgan fingerprint density at radius 1 is 1.17 bits per heavy atom. The van der Waals surface area contributed by atoms with Crippen molar-refractivity contribution in [2.24, 2.45) is 0 Å². The molecule has 0 spiro atoms. The van der Waals surface area contributed by atoms with Gasteiger partial charge in [-0.2, -0.15) is 0 Å². The van der Waals surface area contributed by atoms with E-state index in [2.05, 4.69) is 0 Å². The van der Waals surface area contributed by atoms with Gasteiger partial charge in [-0.25, -0.2) is 4.79 Å². The molecular formula is C23H28N2O5. The molecule has 3 rings (SSSR count). The van der Waals surface area contributed by atoms with Crippen LogP contribution in [0.3, 0.4) is 0 Å². The van der Waals surface area contributed by atoms with Crippen molar-refractivity contribution in [2.75, 3.05) is 33.8 Å². The number of carbonyl (C=O) groups excluding carboxylic acids is 2. The summed E-state index contributed by atoms with van der Waals surface area (Å²) in [5.41, 5.74) is 1.15. The fourth-order valence-corrected chi connectivity index (χ4v) is 3.80. The van der Waals surface area contributed by atoms with Gasteiger partial charge in [-0.05, 0) is 44.0 Å². The van der Waals surface area contributed by atoms with E-state index in [4.69, 9.17) is 9.15 Å². The van der Waals surface area contributed by atoms with E-state index < -0.39 is 23.5 Å². The lowest BCUT2D eigenvalue weighted by atomic mass is 10.1. The average Bonchev–Trinajstić information content (AvgIpc) is 2.93. The normalized spacial score (nSPS) is 17.4. The highest BCUT2D eigenvalue weighted by Crippen LogP contribution is 2.16. The number of hydrogen-bond acceptors (Lipinski definition) is 6. The van der Waals surface area contributed by atoms with Crippen molar-refractivity contribution in [3.05, 3.63) is 69.3 Å². The predicted molar refractivity (Wildman–Crippen MR) is 113 cm³/mol. The van der Waals surface area contributed by atoms with Crippen LogP contribution in [-0.2, 0) is 22.4 Å². The van der Waals surface area contributed by atoms with E-state index in [0.717, 1.165) is 12.0 Å². The first-order valence-corrected chi connectivity index (χ1v) is 10.2. The molecule has 0 N–H and O–H groups in total. The zero-order chi connectivity index (χ0) is 21.7. The summed E-state index contributed by atoms with van der Waals surface area (Å²) in [6.45, 7) is 3.05. The molecule has 0 radical (unpaired) electrons. The highest BCUT2D eigenvalue weighted by atomic mass is 16.5. The number of hydrogen-bond donors (Lipinski definition) is 0. The Morgan fingerprint density at radius 2 is 1.90 bits per heavy atom. The summed E-state index contributed by atoms with van der Waals surface area (Å²) in [6.07, 6.45) is 2.03. The van der Waals surface area contributed by atoms with E-state index in [1.165, 1.54) is 7.11 Å². The maximum Gasteiger partial charge on any atom is 0.349 e. The summed E-state index contributed by atoms with van der Waals surface area (Å²) in [4.78, 5) is 41.4. The van der Waals surface area contributed by atoms with Crippen LogP contribution in [-0.4, -0.2) is 61.5 Å². The maximum atomic E-state index is 13.1. The molecule has 160 valence electrons. The van der Waals surface area contributed by atoms with Gasteiger partial charge in [0.15, 0.2) is 0 Å². The molecule has 1 aliphatic heterocycles. The lowest BCUT2D eigenvalue weighted by Crippen LogP contribution is -2.47. The number of likely N-dealkylation sites (N-methyl/N-ethyl adjacent to an activating group) is 1. The Hall–Kier alpha value is -2.93. The Morgan fingerprint density at radius 3 is 2.57 bits per heavy atom. The first-order chi connectivity index (χ1) is 14.4. The van der Waals surface area contributed by atoms with E-state index in [0.29, 0.717) is 37.3 Å². The second kappa shape index (κ2) is 9.71. The van der Waals surface area contributed by atoms with E-state index in [-0.39, 0.29) is 12.1 Å². The van der Waals surface area contributed by atoms with Gasteiger partial charge in [0, 0.05) is 26.1 Å². The third-order valence-electron chi connectivity index (χ3n) is 5.54. The Bertz CT molecular complexity index is 954. The van der Waals surface area contributed by atoms with E-state index in [1.54, 1.807) is 17.9 Å². The summed E-state index contributed by atoms with van der Waals surface area (Å²) >= 11 is 0. The smallest absolute Gasteiger partial charge is 0.349 e. The first kappa shape index (κ1) is 21.8. The van der Waals surface area contributed by atoms with Gasteiger partial charge in [-0.3, -0.25) is 14.5 Å². The second-order valence-electron chi connectivity index (χ2n) is 7.67. The Kier molecular flexibility index (Phi) is 7.05. The molecule has 2 heterocycles. The van der Waals surface area contributed by atoms with Crippen LogP contribution in [0.4, 0.5) is 0 Å². The number of benzene rings is 1. The maximum absolute atomic E-state index is 13.1. The third kappa shape index (κ3) is 4.97. The molecule has 0 bridgehead atoms. The standard InChI is InChI=1S/C23H28N2O5/c1-16-14-18(11-10-17-8-5-4-6-9-17)30-23(28)20(16)21(26)25-13-7-12-24(2)19(15-25)22(27)29-3/h4-6,8-9,14,19H,7,10-13,15H2,1-3H3. The highest BCUT2D eigenvalue weighted by Gasteiger charge is 2.33. The number of rotatable bonds is 5. The summed E-state index contributed by atoms with van der Waals surface area (Å²) in [6, 6.07) is 11.2. The van der Waals surface area contributed by atoms with Crippen LogP contribution in [0.2, 0.25) is 0 Å². The molecule has 1 amide bonds. The number of esters is 1. The minimum absolute atomic E-state index is 0.0339. The number of nitrogens with zero attached hydrogens (tertiary/aromatic N) is 2. The Labute approximate surface area is 176 Å². The fraction of sp³-hybridized carbons (Fsp3) is 0.435. The van der Waals surface area contributed by atoms with E-state index >= 15 is 0 Å². The minimum Gasteiger partial charge on any atom is -0.468 e. The first-order valence-electron chi connectivity index (χ1n) is 10.2. The molecule has 1 aromatic carbocycles. The molecule has 0 aliphatic carbocycles. The van der Waals surface area contributed by atoms with Crippen molar-refractivity contribution < 1.29 is 18.7 Å². The van der Waals surface area contributed by atoms with Gasteiger partial charge >= 0.3 is 11.6 Å². The molecule has 1 aromatic heterocycles. The highest BCUT2D eigenvalue weighted by molar-refractivity contribution is 5.95. The lowest BCUT2D eigenvalue weighted by molar-refractivity contribution is -0.146. The molecule has 30 heavy (non-hydrogen) atoms. The van der Waals surface area contributed by atoms with Gasteiger partial charge < -0.3 is 14.1 Å². The van der Waals surface area contributed by atoms with Gasteiger partial charge in [-0.1, -0.05) is 30.3 Å². The van der Waals surface area contributed by atoms with Crippen molar-refractivity contribution in [3.63, 3.8) is 0 Å². The van der Waals surface area contributed by atoms with Gasteiger partial charge in [-0.15, -0.1) is 0 Å². The summed E-state index contributed by atoms with van der Waals surface area (Å²) < 4.78 is 10.3. The average molecular weight is 412 g/mol. The van der Waals surface area contributed by atoms with Crippen LogP contribution in [0.1, 0.15) is 33.7 Å². The molecule has 7 nitrogen and oxygen atoms in total. The van der Waals surface area contributed by atoms with Crippen molar-refractivity contribution >= 4 is 11.9 Å². The van der Waals surface area contributed by atoms with Crippen molar-refractivity contribution in [1.29, 1.82) is 0 Å². The van der Waals surface area contributed by atoms with Gasteiger partial charge in [0.2, 0.25) is 0 Å².